The van der Waals surface area contributed by atoms with Gasteiger partial charge < -0.3 is 0 Å². The summed E-state index contributed by atoms with van der Waals surface area (Å²) in [5, 5.41) is 3.23. The number of hydrogen-bond donors (Lipinski definition) is 2. The standard InChI is InChI=1S/C14H19N3/c15-14(17-11-4-5-12-17)16-10-6-9-13-7-2-1-3-8-13/h1-3,6-9H,4-5,10-12H2,(H2,15,16)/p+1/b9-6+. The van der Waals surface area contributed by atoms with Gasteiger partial charge in [-0.2, -0.15) is 0 Å². The fourth-order valence-electron chi connectivity index (χ4n) is 1.99. The fraction of sp³-hybridized carbons (Fsp3) is 0.357. The molecule has 1 aliphatic heterocycles. The van der Waals surface area contributed by atoms with Crippen molar-refractivity contribution in [2.75, 3.05) is 19.6 Å². The molecule has 0 radical (unpaired) electrons. The van der Waals surface area contributed by atoms with Gasteiger partial charge in [0.15, 0.2) is 0 Å². The van der Waals surface area contributed by atoms with E-state index in [0.717, 1.165) is 25.6 Å². The molecule has 1 aliphatic rings. The van der Waals surface area contributed by atoms with Crippen LogP contribution in [0.4, 0.5) is 0 Å². The van der Waals surface area contributed by atoms with Crippen LogP contribution >= 0.6 is 0 Å². The highest BCUT2D eigenvalue weighted by molar-refractivity contribution is 5.73. The van der Waals surface area contributed by atoms with E-state index < -0.39 is 0 Å². The summed E-state index contributed by atoms with van der Waals surface area (Å²) in [4.78, 5) is 0. The first-order valence-corrected chi connectivity index (χ1v) is 6.19. The predicted molar refractivity (Wildman–Crippen MR) is 71.9 cm³/mol. The van der Waals surface area contributed by atoms with Crippen LogP contribution in [-0.4, -0.2) is 30.2 Å². The maximum absolute atomic E-state index is 5.96. The minimum absolute atomic E-state index is 0.775. The van der Waals surface area contributed by atoms with Gasteiger partial charge in [-0.05, 0) is 18.4 Å². The summed E-state index contributed by atoms with van der Waals surface area (Å²) in [7, 11) is 0. The predicted octanol–water partition coefficient (Wildman–Crippen LogP) is 1.41. The van der Waals surface area contributed by atoms with E-state index in [2.05, 4.69) is 34.2 Å². The SMILES string of the molecule is NC(NC/C=C/c1ccccc1)=[N+]1CCCC1. The normalized spacial score (nSPS) is 15.4. The summed E-state index contributed by atoms with van der Waals surface area (Å²) in [6.45, 7) is 2.94. The van der Waals surface area contributed by atoms with Crippen LogP contribution in [0.1, 0.15) is 18.4 Å². The van der Waals surface area contributed by atoms with Crippen molar-refractivity contribution in [2.24, 2.45) is 5.73 Å². The Morgan fingerprint density at radius 2 is 1.94 bits per heavy atom. The van der Waals surface area contributed by atoms with Crippen molar-refractivity contribution in [1.82, 2.24) is 5.32 Å². The summed E-state index contributed by atoms with van der Waals surface area (Å²) < 4.78 is 2.20. The molecule has 2 rings (SSSR count). The number of nitrogens with two attached hydrogens (primary N) is 1. The molecule has 0 aliphatic carbocycles. The second-order valence-electron chi connectivity index (χ2n) is 4.27. The second kappa shape index (κ2) is 6.09. The van der Waals surface area contributed by atoms with Gasteiger partial charge >= 0.3 is 5.96 Å². The monoisotopic (exact) mass is 230 g/mol. The molecule has 1 saturated heterocycles. The number of benzene rings is 1. The zero-order chi connectivity index (χ0) is 11.9. The van der Waals surface area contributed by atoms with Crippen molar-refractivity contribution in [3.63, 3.8) is 0 Å². The molecule has 90 valence electrons. The quantitative estimate of drug-likeness (QED) is 0.609. The lowest BCUT2D eigenvalue weighted by atomic mass is 10.2. The van der Waals surface area contributed by atoms with E-state index in [4.69, 9.17) is 5.73 Å². The van der Waals surface area contributed by atoms with Crippen molar-refractivity contribution in [3.8, 4) is 0 Å². The molecule has 17 heavy (non-hydrogen) atoms. The molecular formula is C14H20N3+. The maximum Gasteiger partial charge on any atom is 0.343 e. The highest BCUT2D eigenvalue weighted by Crippen LogP contribution is 2.01. The van der Waals surface area contributed by atoms with Crippen molar-refractivity contribution in [3.05, 3.63) is 42.0 Å². The molecule has 0 bridgehead atoms. The Hall–Kier alpha value is -1.77. The number of rotatable bonds is 3. The van der Waals surface area contributed by atoms with Crippen LogP contribution in [0.5, 0.6) is 0 Å². The Bertz CT molecular complexity index is 399. The average Bonchev–Trinajstić information content (AvgIpc) is 2.89. The summed E-state index contributed by atoms with van der Waals surface area (Å²) >= 11 is 0. The van der Waals surface area contributed by atoms with Gasteiger partial charge in [0.25, 0.3) is 0 Å². The van der Waals surface area contributed by atoms with E-state index in [0.29, 0.717) is 0 Å². The number of nitrogens with zero attached hydrogens (tertiary/aromatic N) is 1. The third-order valence-electron chi connectivity index (χ3n) is 2.96. The molecule has 3 nitrogen and oxygen atoms in total. The van der Waals surface area contributed by atoms with Gasteiger partial charge in [0.2, 0.25) is 0 Å². The maximum atomic E-state index is 5.96. The topological polar surface area (TPSA) is 41.1 Å². The molecule has 0 saturated carbocycles. The Morgan fingerprint density at radius 1 is 1.24 bits per heavy atom. The Balaban J connectivity index is 1.80. The first-order valence-electron chi connectivity index (χ1n) is 6.19. The molecule has 0 amide bonds. The van der Waals surface area contributed by atoms with Crippen LogP contribution in [0.15, 0.2) is 36.4 Å². The highest BCUT2D eigenvalue weighted by Gasteiger charge is 2.12. The molecule has 3 N–H and O–H groups in total. The van der Waals surface area contributed by atoms with E-state index in [1.807, 2.05) is 18.2 Å². The number of nitrogens with one attached hydrogen (secondary N) is 1. The summed E-state index contributed by atoms with van der Waals surface area (Å²) in [6, 6.07) is 10.3. The highest BCUT2D eigenvalue weighted by atomic mass is 15.2. The van der Waals surface area contributed by atoms with Crippen LogP contribution in [-0.2, 0) is 0 Å². The largest absolute Gasteiger partial charge is 0.343 e. The molecule has 3 heteroatoms. The molecule has 0 atom stereocenters. The van der Waals surface area contributed by atoms with Crippen molar-refractivity contribution in [1.29, 1.82) is 0 Å². The minimum Gasteiger partial charge on any atom is -0.291 e. The van der Waals surface area contributed by atoms with Gasteiger partial charge in [0.05, 0.1) is 19.6 Å². The third-order valence-corrected chi connectivity index (χ3v) is 2.96. The average molecular weight is 230 g/mol. The lowest BCUT2D eigenvalue weighted by Gasteiger charge is -2.02. The molecule has 0 spiro atoms. The van der Waals surface area contributed by atoms with Crippen LogP contribution in [0.3, 0.4) is 0 Å². The lowest BCUT2D eigenvalue weighted by Crippen LogP contribution is -2.39. The zero-order valence-corrected chi connectivity index (χ0v) is 10.1. The first-order chi connectivity index (χ1) is 8.36. The number of guanidine groups is 1. The first kappa shape index (κ1) is 11.7. The number of hydrogen-bond acceptors (Lipinski definition) is 0. The molecule has 0 unspecified atom stereocenters. The van der Waals surface area contributed by atoms with Crippen LogP contribution in [0, 0.1) is 0 Å². The van der Waals surface area contributed by atoms with Crippen LogP contribution in [0.25, 0.3) is 6.08 Å². The molecule has 1 heterocycles. The van der Waals surface area contributed by atoms with E-state index in [9.17, 15) is 0 Å². The molecular weight excluding hydrogens is 210 g/mol. The summed E-state index contributed by atoms with van der Waals surface area (Å²) in [5.74, 6) is 0.806. The van der Waals surface area contributed by atoms with Crippen LogP contribution < -0.4 is 11.1 Å². The van der Waals surface area contributed by atoms with Crippen LogP contribution in [0.2, 0.25) is 0 Å². The van der Waals surface area contributed by atoms with Gasteiger partial charge in [-0.25, -0.2) is 0 Å². The third kappa shape index (κ3) is 3.63. The summed E-state index contributed by atoms with van der Waals surface area (Å²) in [6.07, 6.45) is 6.70. The molecule has 1 fully saturated rings. The Kier molecular flexibility index (Phi) is 4.19. The van der Waals surface area contributed by atoms with Gasteiger partial charge in [0.1, 0.15) is 0 Å². The zero-order valence-electron chi connectivity index (χ0n) is 10.1. The minimum atomic E-state index is 0.775. The molecule has 0 aromatic heterocycles. The lowest BCUT2D eigenvalue weighted by molar-refractivity contribution is -0.509. The van der Waals surface area contributed by atoms with E-state index in [1.165, 1.54) is 18.4 Å². The Labute approximate surface area is 103 Å². The van der Waals surface area contributed by atoms with Gasteiger partial charge in [-0.3, -0.25) is 15.6 Å². The molecule has 1 aromatic carbocycles. The summed E-state index contributed by atoms with van der Waals surface area (Å²) in [5.41, 5.74) is 7.17. The second-order valence-corrected chi connectivity index (χ2v) is 4.27. The van der Waals surface area contributed by atoms with Gasteiger partial charge in [-0.1, -0.05) is 42.5 Å². The van der Waals surface area contributed by atoms with Crippen molar-refractivity contribution < 1.29 is 4.58 Å². The van der Waals surface area contributed by atoms with E-state index in [-0.39, 0.29) is 0 Å². The van der Waals surface area contributed by atoms with Crippen molar-refractivity contribution >= 4 is 12.0 Å². The smallest absolute Gasteiger partial charge is 0.291 e. The van der Waals surface area contributed by atoms with E-state index >= 15 is 0 Å². The van der Waals surface area contributed by atoms with Gasteiger partial charge in [-0.15, -0.1) is 0 Å². The fourth-order valence-corrected chi connectivity index (χ4v) is 1.99. The van der Waals surface area contributed by atoms with E-state index in [1.54, 1.807) is 0 Å². The Morgan fingerprint density at radius 3 is 2.65 bits per heavy atom. The van der Waals surface area contributed by atoms with Gasteiger partial charge in [0, 0.05) is 0 Å². The van der Waals surface area contributed by atoms with Crippen molar-refractivity contribution in [2.45, 2.75) is 12.8 Å². The molecule has 1 aromatic rings.